The second-order valence-electron chi connectivity index (χ2n) is 8.53. The van der Waals surface area contributed by atoms with Gasteiger partial charge in [-0.1, -0.05) is 99.4 Å². The van der Waals surface area contributed by atoms with Gasteiger partial charge >= 0.3 is 0 Å². The predicted molar refractivity (Wildman–Crippen MR) is 113 cm³/mol. The highest BCUT2D eigenvalue weighted by Crippen LogP contribution is 2.20. The fourth-order valence-corrected chi connectivity index (χ4v) is 5.32. The van der Waals surface area contributed by atoms with Crippen LogP contribution >= 0.6 is 0 Å². The maximum absolute atomic E-state index is 3.57. The van der Waals surface area contributed by atoms with E-state index in [-0.39, 0.29) is 10.8 Å². The van der Waals surface area contributed by atoms with Gasteiger partial charge in [-0.2, -0.15) is 0 Å². The van der Waals surface area contributed by atoms with Gasteiger partial charge in [0.2, 0.25) is 0 Å². The maximum Gasteiger partial charge on any atom is 0.165 e. The first-order chi connectivity index (χ1) is 11.7. The van der Waals surface area contributed by atoms with E-state index in [9.17, 15) is 0 Å². The van der Waals surface area contributed by atoms with Gasteiger partial charge in [-0.05, 0) is 41.8 Å². The minimum absolute atomic E-state index is 0.00265. The Bertz CT molecular complexity index is 721. The monoisotopic (exact) mass is 345 g/mol. The molecule has 0 atom stereocenters. The van der Waals surface area contributed by atoms with Gasteiger partial charge in [0.05, 0.1) is 0 Å². The van der Waals surface area contributed by atoms with Crippen LogP contribution in [0.1, 0.15) is 41.5 Å². The number of rotatable bonds is 3. The average Bonchev–Trinajstić information content (AvgIpc) is 2.53. The lowest BCUT2D eigenvalue weighted by Crippen LogP contribution is -2.44. The van der Waals surface area contributed by atoms with E-state index in [1.807, 2.05) is 0 Å². The van der Waals surface area contributed by atoms with E-state index in [1.54, 1.807) is 0 Å². The highest BCUT2D eigenvalue weighted by Gasteiger charge is 2.23. The van der Waals surface area contributed by atoms with E-state index in [0.717, 1.165) is 0 Å². The molecule has 25 heavy (non-hydrogen) atoms. The summed E-state index contributed by atoms with van der Waals surface area (Å²) in [6, 6.07) is 21.7. The smallest absolute Gasteiger partial charge is 0.0927 e. The molecule has 129 valence electrons. The molecule has 0 aromatic heterocycles. The summed E-state index contributed by atoms with van der Waals surface area (Å²) in [7, 11) is -1.11. The standard InChI is InChI=1S/C24H29Si/c1-23(2,3)18-17-22(19-24(4,5)6)25(20-13-9-7-10-14-20)21-15-11-8-12-16-21/h7-16,19H,1-6H3/b22-19+. The molecule has 0 spiro atoms. The number of hydrogen-bond donors (Lipinski definition) is 0. The van der Waals surface area contributed by atoms with Crippen LogP contribution in [0.15, 0.2) is 71.9 Å². The van der Waals surface area contributed by atoms with E-state index >= 15 is 0 Å². The van der Waals surface area contributed by atoms with Crippen LogP contribution in [-0.2, 0) is 0 Å². The molecule has 0 aliphatic heterocycles. The normalized spacial score (nSPS) is 12.7. The van der Waals surface area contributed by atoms with Crippen LogP contribution in [0.3, 0.4) is 0 Å². The van der Waals surface area contributed by atoms with Gasteiger partial charge in [0.1, 0.15) is 0 Å². The third-order valence-corrected chi connectivity index (χ3v) is 6.17. The fraction of sp³-hybridized carbons (Fsp3) is 0.333. The quantitative estimate of drug-likeness (QED) is 0.551. The van der Waals surface area contributed by atoms with Crippen LogP contribution in [-0.4, -0.2) is 8.80 Å². The van der Waals surface area contributed by atoms with E-state index in [2.05, 4.69) is 120 Å². The summed E-state index contributed by atoms with van der Waals surface area (Å²) < 4.78 is 0. The SMILES string of the molecule is CC(C)(C)C#C/C(=C\C(C)(C)C)[Si](c1ccccc1)c1ccccc1. The van der Waals surface area contributed by atoms with Crippen molar-refractivity contribution >= 4 is 19.2 Å². The molecule has 0 bridgehead atoms. The van der Waals surface area contributed by atoms with Crippen molar-refractivity contribution in [1.82, 2.24) is 0 Å². The Hall–Kier alpha value is -2.04. The van der Waals surface area contributed by atoms with Crippen LogP contribution < -0.4 is 10.4 Å². The average molecular weight is 346 g/mol. The molecule has 2 rings (SSSR count). The zero-order chi connectivity index (χ0) is 18.5. The van der Waals surface area contributed by atoms with Crippen molar-refractivity contribution in [2.45, 2.75) is 41.5 Å². The van der Waals surface area contributed by atoms with E-state index in [4.69, 9.17) is 0 Å². The second-order valence-corrected chi connectivity index (χ2v) is 11.0. The lowest BCUT2D eigenvalue weighted by atomic mass is 9.95. The Balaban J connectivity index is 2.65. The summed E-state index contributed by atoms with van der Waals surface area (Å²) >= 11 is 0. The van der Waals surface area contributed by atoms with Crippen molar-refractivity contribution in [3.8, 4) is 11.8 Å². The zero-order valence-electron chi connectivity index (χ0n) is 16.4. The second kappa shape index (κ2) is 7.89. The van der Waals surface area contributed by atoms with Gasteiger partial charge in [0, 0.05) is 5.41 Å². The summed E-state index contributed by atoms with van der Waals surface area (Å²) in [5.74, 6) is 7.04. The van der Waals surface area contributed by atoms with E-state index in [1.165, 1.54) is 15.6 Å². The third kappa shape index (κ3) is 6.40. The van der Waals surface area contributed by atoms with Crippen LogP contribution in [0, 0.1) is 22.7 Å². The Morgan fingerprint density at radius 3 is 1.56 bits per heavy atom. The van der Waals surface area contributed by atoms with Crippen LogP contribution in [0.4, 0.5) is 0 Å². The Labute approximate surface area is 155 Å². The Kier molecular flexibility index (Phi) is 6.09. The van der Waals surface area contributed by atoms with Crippen molar-refractivity contribution in [2.24, 2.45) is 10.8 Å². The highest BCUT2D eigenvalue weighted by molar-refractivity contribution is 6.91. The largest absolute Gasteiger partial charge is 0.165 e. The van der Waals surface area contributed by atoms with Crippen molar-refractivity contribution in [2.75, 3.05) is 0 Å². The van der Waals surface area contributed by atoms with Crippen LogP contribution in [0.25, 0.3) is 0 Å². The predicted octanol–water partition coefficient (Wildman–Crippen LogP) is 4.86. The minimum Gasteiger partial charge on any atom is -0.0927 e. The first kappa shape index (κ1) is 19.3. The molecular formula is C24H29Si. The fourth-order valence-electron chi connectivity index (χ4n) is 2.55. The van der Waals surface area contributed by atoms with Gasteiger partial charge < -0.3 is 0 Å². The number of benzene rings is 2. The van der Waals surface area contributed by atoms with Gasteiger partial charge in [-0.15, -0.1) is 0 Å². The molecule has 2 aromatic carbocycles. The highest BCUT2D eigenvalue weighted by atomic mass is 28.3. The van der Waals surface area contributed by atoms with Crippen molar-refractivity contribution in [3.05, 3.63) is 71.9 Å². The molecule has 1 radical (unpaired) electrons. The summed E-state index contributed by atoms with van der Waals surface area (Å²) in [4.78, 5) is 0. The topological polar surface area (TPSA) is 0 Å². The van der Waals surface area contributed by atoms with Gasteiger partial charge in [-0.3, -0.25) is 0 Å². The molecule has 0 heterocycles. The first-order valence-electron chi connectivity index (χ1n) is 8.90. The summed E-state index contributed by atoms with van der Waals surface area (Å²) in [5, 5.41) is 4.06. The van der Waals surface area contributed by atoms with Gasteiger partial charge in [0.15, 0.2) is 8.80 Å². The zero-order valence-corrected chi connectivity index (χ0v) is 17.4. The molecule has 0 nitrogen and oxygen atoms in total. The molecule has 2 aromatic rings. The Morgan fingerprint density at radius 1 is 0.760 bits per heavy atom. The molecule has 0 unspecified atom stereocenters. The third-order valence-electron chi connectivity index (χ3n) is 3.54. The molecule has 0 aliphatic rings. The minimum atomic E-state index is -1.11. The molecule has 0 amide bonds. The van der Waals surface area contributed by atoms with Crippen molar-refractivity contribution in [3.63, 3.8) is 0 Å². The maximum atomic E-state index is 3.57. The molecule has 0 N–H and O–H groups in total. The van der Waals surface area contributed by atoms with Crippen LogP contribution in [0.2, 0.25) is 0 Å². The molecule has 1 heteroatoms. The lowest BCUT2D eigenvalue weighted by molar-refractivity contribution is 0.543. The van der Waals surface area contributed by atoms with Crippen molar-refractivity contribution < 1.29 is 0 Å². The van der Waals surface area contributed by atoms with E-state index < -0.39 is 8.80 Å². The number of allylic oxidation sites excluding steroid dienone is 2. The van der Waals surface area contributed by atoms with Crippen LogP contribution in [0.5, 0.6) is 0 Å². The van der Waals surface area contributed by atoms with Gasteiger partial charge in [-0.25, -0.2) is 0 Å². The molecule has 0 aliphatic carbocycles. The molecular weight excluding hydrogens is 316 g/mol. The van der Waals surface area contributed by atoms with E-state index in [0.29, 0.717) is 0 Å². The lowest BCUT2D eigenvalue weighted by Gasteiger charge is -2.21. The van der Waals surface area contributed by atoms with Gasteiger partial charge in [0.25, 0.3) is 0 Å². The summed E-state index contributed by atoms with van der Waals surface area (Å²) in [5.41, 5.74) is 0.0959. The first-order valence-corrected chi connectivity index (χ1v) is 10.4. The molecule has 0 saturated heterocycles. The molecule has 0 saturated carbocycles. The Morgan fingerprint density at radius 2 is 1.20 bits per heavy atom. The molecule has 0 fully saturated rings. The summed E-state index contributed by atoms with van der Waals surface area (Å²) in [6.45, 7) is 13.3. The summed E-state index contributed by atoms with van der Waals surface area (Å²) in [6.07, 6.45) is 2.38. The number of hydrogen-bond acceptors (Lipinski definition) is 0. The van der Waals surface area contributed by atoms with Crippen molar-refractivity contribution in [1.29, 1.82) is 0 Å².